The number of hydrogen-bond acceptors (Lipinski definition) is 3. The van der Waals surface area contributed by atoms with Gasteiger partial charge in [0.05, 0.1) is 11.5 Å². The van der Waals surface area contributed by atoms with E-state index in [0.29, 0.717) is 11.5 Å². The average Bonchev–Trinajstić information content (AvgIpc) is 2.43. The highest BCUT2D eigenvalue weighted by atomic mass is 32.2. The van der Waals surface area contributed by atoms with E-state index in [1.165, 1.54) is 0 Å². The summed E-state index contributed by atoms with van der Waals surface area (Å²) in [5.41, 5.74) is 0.440. The van der Waals surface area contributed by atoms with Gasteiger partial charge in [-0.2, -0.15) is 0 Å². The van der Waals surface area contributed by atoms with Crippen molar-refractivity contribution in [1.29, 1.82) is 0 Å². The van der Waals surface area contributed by atoms with E-state index >= 15 is 0 Å². The molecule has 0 heterocycles. The Bertz CT molecular complexity index is 686. The molecule has 1 rings (SSSR count). The van der Waals surface area contributed by atoms with Gasteiger partial charge in [-0.25, -0.2) is 13.1 Å². The summed E-state index contributed by atoms with van der Waals surface area (Å²) in [5, 5.41) is 0. The number of unbranched alkanes of at least 4 members (excludes halogenated alkanes) is 1. The van der Waals surface area contributed by atoms with Gasteiger partial charge in [0.1, 0.15) is 5.75 Å². The van der Waals surface area contributed by atoms with Crippen molar-refractivity contribution in [3.8, 4) is 5.75 Å². The van der Waals surface area contributed by atoms with E-state index < -0.39 is 15.6 Å². The van der Waals surface area contributed by atoms with Crippen LogP contribution in [-0.4, -0.2) is 20.6 Å². The molecule has 1 aromatic rings. The lowest BCUT2D eigenvalue weighted by Gasteiger charge is -2.33. The van der Waals surface area contributed by atoms with E-state index in [1.807, 2.05) is 13.8 Å². The lowest BCUT2D eigenvalue weighted by atomic mass is 9.82. The van der Waals surface area contributed by atoms with E-state index in [1.54, 1.807) is 18.2 Å². The normalized spacial score (nSPS) is 13.3. The van der Waals surface area contributed by atoms with Crippen molar-refractivity contribution in [2.24, 2.45) is 5.41 Å². The SMILES string of the molecule is CCCCOc1ccc(S(=O)(=O)NC(C)(C)CC(C)(C)C)cc1C(C)C. The fourth-order valence-electron chi connectivity index (χ4n) is 3.39. The Morgan fingerprint density at radius 3 is 2.23 bits per heavy atom. The van der Waals surface area contributed by atoms with E-state index in [-0.39, 0.29) is 11.3 Å². The monoisotopic (exact) mass is 383 g/mol. The van der Waals surface area contributed by atoms with Crippen LogP contribution in [0, 0.1) is 5.41 Å². The summed E-state index contributed by atoms with van der Waals surface area (Å²) >= 11 is 0. The maximum absolute atomic E-state index is 12.9. The van der Waals surface area contributed by atoms with Gasteiger partial charge in [0.25, 0.3) is 0 Å². The minimum atomic E-state index is -3.59. The summed E-state index contributed by atoms with van der Waals surface area (Å²) in [6, 6.07) is 5.18. The highest BCUT2D eigenvalue weighted by Crippen LogP contribution is 2.31. The van der Waals surface area contributed by atoms with E-state index in [9.17, 15) is 8.42 Å². The van der Waals surface area contributed by atoms with Crippen molar-refractivity contribution in [2.75, 3.05) is 6.61 Å². The van der Waals surface area contributed by atoms with Crippen LogP contribution in [0.3, 0.4) is 0 Å². The second-order valence-electron chi connectivity index (χ2n) is 9.28. The molecule has 0 aliphatic rings. The summed E-state index contributed by atoms with van der Waals surface area (Å²) < 4.78 is 34.6. The topological polar surface area (TPSA) is 55.4 Å². The standard InChI is InChI=1S/C21H37NO3S/c1-9-10-13-25-19-12-11-17(14-18(19)16(2)3)26(23,24)22-21(7,8)15-20(4,5)6/h11-12,14,16,22H,9-10,13,15H2,1-8H3. The zero-order valence-corrected chi connectivity index (χ0v) is 18.6. The van der Waals surface area contributed by atoms with Crippen LogP contribution in [0.1, 0.15) is 86.1 Å². The Hall–Kier alpha value is -1.07. The van der Waals surface area contributed by atoms with Crippen LogP contribution in [0.15, 0.2) is 23.1 Å². The first-order chi connectivity index (χ1) is 11.8. The van der Waals surface area contributed by atoms with Crippen LogP contribution in [0.4, 0.5) is 0 Å². The van der Waals surface area contributed by atoms with Crippen molar-refractivity contribution in [3.63, 3.8) is 0 Å². The molecule has 0 amide bonds. The third-order valence-electron chi connectivity index (χ3n) is 4.05. The van der Waals surface area contributed by atoms with Crippen LogP contribution in [0.5, 0.6) is 5.75 Å². The molecule has 1 N–H and O–H groups in total. The van der Waals surface area contributed by atoms with Crippen LogP contribution >= 0.6 is 0 Å². The van der Waals surface area contributed by atoms with Crippen LogP contribution in [0.25, 0.3) is 0 Å². The van der Waals surface area contributed by atoms with Crippen LogP contribution in [-0.2, 0) is 10.0 Å². The molecule has 1 aromatic carbocycles. The summed E-state index contributed by atoms with van der Waals surface area (Å²) in [7, 11) is -3.59. The Morgan fingerprint density at radius 2 is 1.73 bits per heavy atom. The molecule has 0 aliphatic carbocycles. The van der Waals surface area contributed by atoms with Crippen molar-refractivity contribution in [3.05, 3.63) is 23.8 Å². The van der Waals surface area contributed by atoms with Crippen molar-refractivity contribution >= 4 is 10.0 Å². The Morgan fingerprint density at radius 1 is 1.12 bits per heavy atom. The zero-order chi connectivity index (χ0) is 20.2. The lowest BCUT2D eigenvalue weighted by Crippen LogP contribution is -2.45. The number of ether oxygens (including phenoxy) is 1. The molecular weight excluding hydrogens is 346 g/mol. The minimum absolute atomic E-state index is 0.0338. The van der Waals surface area contributed by atoms with E-state index in [2.05, 4.69) is 46.3 Å². The molecule has 5 heteroatoms. The summed E-state index contributed by atoms with van der Waals surface area (Å²) in [6.45, 7) is 17.1. The maximum Gasteiger partial charge on any atom is 0.241 e. The molecule has 0 spiro atoms. The lowest BCUT2D eigenvalue weighted by molar-refractivity contribution is 0.269. The maximum atomic E-state index is 12.9. The number of benzene rings is 1. The Balaban J connectivity index is 3.11. The highest BCUT2D eigenvalue weighted by molar-refractivity contribution is 7.89. The molecule has 0 aliphatic heterocycles. The average molecular weight is 384 g/mol. The summed E-state index contributed by atoms with van der Waals surface area (Å²) in [6.07, 6.45) is 2.80. The largest absolute Gasteiger partial charge is 0.493 e. The molecule has 150 valence electrons. The fourth-order valence-corrected chi connectivity index (χ4v) is 4.83. The van der Waals surface area contributed by atoms with Gasteiger partial charge in [0.15, 0.2) is 0 Å². The second kappa shape index (κ2) is 8.75. The van der Waals surface area contributed by atoms with Crippen molar-refractivity contribution in [1.82, 2.24) is 4.72 Å². The number of nitrogens with one attached hydrogen (secondary N) is 1. The van der Waals surface area contributed by atoms with Gasteiger partial charge < -0.3 is 4.74 Å². The van der Waals surface area contributed by atoms with Gasteiger partial charge in [0.2, 0.25) is 10.0 Å². The third kappa shape index (κ3) is 7.28. The smallest absolute Gasteiger partial charge is 0.241 e. The fraction of sp³-hybridized carbons (Fsp3) is 0.714. The number of sulfonamides is 1. The number of rotatable bonds is 9. The molecular formula is C21H37NO3S. The predicted molar refractivity (Wildman–Crippen MR) is 109 cm³/mol. The highest BCUT2D eigenvalue weighted by Gasteiger charge is 2.31. The Labute approximate surface area is 160 Å². The first-order valence-electron chi connectivity index (χ1n) is 9.58. The van der Waals surface area contributed by atoms with Crippen LogP contribution < -0.4 is 9.46 Å². The Kier molecular flexibility index (Phi) is 7.73. The molecule has 0 saturated heterocycles. The molecule has 0 fully saturated rings. The van der Waals surface area contributed by atoms with Gasteiger partial charge >= 0.3 is 0 Å². The first-order valence-corrected chi connectivity index (χ1v) is 11.1. The molecule has 0 unspecified atom stereocenters. The van der Waals surface area contributed by atoms with Gasteiger partial charge in [-0.1, -0.05) is 48.0 Å². The van der Waals surface area contributed by atoms with Gasteiger partial charge in [0, 0.05) is 5.54 Å². The van der Waals surface area contributed by atoms with E-state index in [0.717, 1.165) is 30.6 Å². The van der Waals surface area contributed by atoms with Crippen molar-refractivity contribution in [2.45, 2.75) is 91.0 Å². The molecule has 4 nitrogen and oxygen atoms in total. The molecule has 0 radical (unpaired) electrons. The van der Waals surface area contributed by atoms with Crippen LogP contribution in [0.2, 0.25) is 0 Å². The quantitative estimate of drug-likeness (QED) is 0.574. The molecule has 0 bridgehead atoms. The molecule has 26 heavy (non-hydrogen) atoms. The summed E-state index contributed by atoms with van der Waals surface area (Å²) in [5.74, 6) is 0.964. The van der Waals surface area contributed by atoms with E-state index in [4.69, 9.17) is 4.74 Å². The van der Waals surface area contributed by atoms with Gasteiger partial charge in [-0.05, 0) is 61.8 Å². The molecule has 0 aromatic heterocycles. The molecule has 0 saturated carbocycles. The number of hydrogen-bond donors (Lipinski definition) is 1. The van der Waals surface area contributed by atoms with Gasteiger partial charge in [-0.15, -0.1) is 0 Å². The van der Waals surface area contributed by atoms with Crippen molar-refractivity contribution < 1.29 is 13.2 Å². The minimum Gasteiger partial charge on any atom is -0.493 e. The third-order valence-corrected chi connectivity index (χ3v) is 5.75. The predicted octanol–water partition coefficient (Wildman–Crippen LogP) is 5.48. The summed E-state index contributed by atoms with van der Waals surface area (Å²) in [4.78, 5) is 0.297. The molecule has 0 atom stereocenters. The first kappa shape index (κ1) is 23.0. The second-order valence-corrected chi connectivity index (χ2v) is 11.0. The zero-order valence-electron chi connectivity index (χ0n) is 17.8. The van der Waals surface area contributed by atoms with Gasteiger partial charge in [-0.3, -0.25) is 0 Å².